The van der Waals surface area contributed by atoms with E-state index in [0.29, 0.717) is 6.04 Å². The molecule has 0 aliphatic carbocycles. The van der Waals surface area contributed by atoms with Crippen LogP contribution in [0.25, 0.3) is 0 Å². The molecule has 1 aromatic rings. The molecule has 3 nitrogen and oxygen atoms in total. The number of fused-ring (bicyclic) bond motifs is 2. The summed E-state index contributed by atoms with van der Waals surface area (Å²) in [6.07, 6.45) is 0.970. The molecule has 1 amide bonds. The molecule has 1 aromatic carbocycles. The first-order valence-electron chi connectivity index (χ1n) is 7.15. The summed E-state index contributed by atoms with van der Waals surface area (Å²) in [6, 6.07) is 8.61. The number of piperazine rings is 1. The molecule has 0 bridgehead atoms. The molecule has 2 heterocycles. The normalized spacial score (nSPS) is 27.4. The minimum Gasteiger partial charge on any atom is -0.330 e. The first-order chi connectivity index (χ1) is 9.01. The first kappa shape index (κ1) is 12.7. The van der Waals surface area contributed by atoms with E-state index in [1.807, 2.05) is 18.2 Å². The highest BCUT2D eigenvalue weighted by Crippen LogP contribution is 2.34. The third-order valence-corrected chi connectivity index (χ3v) is 4.60. The van der Waals surface area contributed by atoms with Crippen LogP contribution in [0.1, 0.15) is 36.7 Å². The molecule has 1 saturated heterocycles. The summed E-state index contributed by atoms with van der Waals surface area (Å²) in [4.78, 5) is 17.2. The Bertz CT molecular complexity index is 511. The van der Waals surface area contributed by atoms with Crippen molar-refractivity contribution in [3.05, 3.63) is 35.4 Å². The van der Waals surface area contributed by atoms with E-state index in [0.717, 1.165) is 31.6 Å². The third kappa shape index (κ3) is 1.96. The van der Waals surface area contributed by atoms with E-state index in [9.17, 15) is 4.79 Å². The fourth-order valence-corrected chi connectivity index (χ4v) is 3.48. The lowest BCUT2D eigenvalue weighted by atomic mass is 9.81. The Labute approximate surface area is 115 Å². The maximum Gasteiger partial charge on any atom is 0.254 e. The summed E-state index contributed by atoms with van der Waals surface area (Å²) < 4.78 is 0. The van der Waals surface area contributed by atoms with Crippen molar-refractivity contribution < 1.29 is 4.79 Å². The van der Waals surface area contributed by atoms with Crippen molar-refractivity contribution in [3.8, 4) is 0 Å². The van der Waals surface area contributed by atoms with Gasteiger partial charge in [-0.3, -0.25) is 9.69 Å². The number of rotatable bonds is 1. The molecule has 2 aliphatic rings. The van der Waals surface area contributed by atoms with Crippen LogP contribution in [0.4, 0.5) is 0 Å². The monoisotopic (exact) mass is 258 g/mol. The van der Waals surface area contributed by atoms with Crippen LogP contribution in [0.2, 0.25) is 0 Å². The van der Waals surface area contributed by atoms with Crippen molar-refractivity contribution in [2.45, 2.75) is 38.8 Å². The van der Waals surface area contributed by atoms with Crippen molar-refractivity contribution in [2.75, 3.05) is 19.6 Å². The Hall–Kier alpha value is -1.35. The maximum absolute atomic E-state index is 12.6. The van der Waals surface area contributed by atoms with Gasteiger partial charge in [0, 0.05) is 31.2 Å². The molecule has 0 N–H and O–H groups in total. The topological polar surface area (TPSA) is 23.6 Å². The Balaban J connectivity index is 1.97. The lowest BCUT2D eigenvalue weighted by Gasteiger charge is -2.52. The van der Waals surface area contributed by atoms with Gasteiger partial charge in [0.25, 0.3) is 5.91 Å². The fraction of sp³-hybridized carbons (Fsp3) is 0.562. The molecule has 0 radical (unpaired) electrons. The van der Waals surface area contributed by atoms with Gasteiger partial charge in [0.1, 0.15) is 0 Å². The Morgan fingerprint density at radius 2 is 1.95 bits per heavy atom. The lowest BCUT2D eigenvalue weighted by Crippen LogP contribution is -2.66. The van der Waals surface area contributed by atoms with Crippen LogP contribution in [0.5, 0.6) is 0 Å². The summed E-state index contributed by atoms with van der Waals surface area (Å²) >= 11 is 0. The standard InChI is InChI=1S/C16H22N2O/c1-12(2)17-8-9-18-15(19)14-7-5-4-6-13(14)10-16(18,3)11-17/h4-7,12H,8-11H2,1-3H3/t16-/m1/s1. The zero-order chi connectivity index (χ0) is 13.6. The largest absolute Gasteiger partial charge is 0.330 e. The number of hydrogen-bond acceptors (Lipinski definition) is 2. The average Bonchev–Trinajstić information content (AvgIpc) is 2.37. The lowest BCUT2D eigenvalue weighted by molar-refractivity contribution is -0.00285. The van der Waals surface area contributed by atoms with Crippen LogP contribution < -0.4 is 0 Å². The number of amides is 1. The van der Waals surface area contributed by atoms with Crippen LogP contribution in [-0.2, 0) is 6.42 Å². The SMILES string of the molecule is CC(C)N1CCN2C(=O)c3ccccc3C[C@]2(C)C1. The van der Waals surface area contributed by atoms with Crippen LogP contribution in [0.3, 0.4) is 0 Å². The van der Waals surface area contributed by atoms with Gasteiger partial charge < -0.3 is 4.90 Å². The molecule has 0 aromatic heterocycles. The van der Waals surface area contributed by atoms with Crippen LogP contribution in [0, 0.1) is 0 Å². The van der Waals surface area contributed by atoms with E-state index in [2.05, 4.69) is 36.6 Å². The summed E-state index contributed by atoms with van der Waals surface area (Å²) in [5, 5.41) is 0. The smallest absolute Gasteiger partial charge is 0.254 e. The Morgan fingerprint density at radius 3 is 2.68 bits per heavy atom. The Morgan fingerprint density at radius 1 is 1.21 bits per heavy atom. The number of benzene rings is 1. The van der Waals surface area contributed by atoms with Crippen molar-refractivity contribution in [1.29, 1.82) is 0 Å². The summed E-state index contributed by atoms with van der Waals surface area (Å²) in [5.74, 6) is 0.216. The molecule has 2 aliphatic heterocycles. The molecule has 1 atom stereocenters. The molecule has 19 heavy (non-hydrogen) atoms. The summed E-state index contributed by atoms with van der Waals surface area (Å²) in [5.41, 5.74) is 2.06. The molecular formula is C16H22N2O. The van der Waals surface area contributed by atoms with Gasteiger partial charge >= 0.3 is 0 Å². The van der Waals surface area contributed by atoms with Crippen LogP contribution in [0.15, 0.2) is 24.3 Å². The molecular weight excluding hydrogens is 236 g/mol. The van der Waals surface area contributed by atoms with Crippen molar-refractivity contribution >= 4 is 5.91 Å². The predicted octanol–water partition coefficient (Wildman–Crippen LogP) is 2.17. The quantitative estimate of drug-likeness (QED) is 0.771. The number of hydrogen-bond donors (Lipinski definition) is 0. The van der Waals surface area contributed by atoms with E-state index < -0.39 is 0 Å². The van der Waals surface area contributed by atoms with E-state index in [1.54, 1.807) is 0 Å². The minimum absolute atomic E-state index is 0.0477. The zero-order valence-electron chi connectivity index (χ0n) is 12.0. The Kier molecular flexibility index (Phi) is 2.90. The van der Waals surface area contributed by atoms with E-state index in [1.165, 1.54) is 5.56 Å². The van der Waals surface area contributed by atoms with E-state index >= 15 is 0 Å². The molecule has 3 rings (SSSR count). The second-order valence-electron chi connectivity index (χ2n) is 6.35. The van der Waals surface area contributed by atoms with Crippen LogP contribution >= 0.6 is 0 Å². The van der Waals surface area contributed by atoms with E-state index in [4.69, 9.17) is 0 Å². The highest BCUT2D eigenvalue weighted by molar-refractivity contribution is 5.97. The molecule has 102 valence electrons. The average molecular weight is 258 g/mol. The van der Waals surface area contributed by atoms with Crippen molar-refractivity contribution in [2.24, 2.45) is 0 Å². The fourth-order valence-electron chi connectivity index (χ4n) is 3.48. The van der Waals surface area contributed by atoms with Crippen molar-refractivity contribution in [1.82, 2.24) is 9.80 Å². The maximum atomic E-state index is 12.6. The van der Waals surface area contributed by atoms with Gasteiger partial charge in [-0.25, -0.2) is 0 Å². The second-order valence-corrected chi connectivity index (χ2v) is 6.35. The van der Waals surface area contributed by atoms with Gasteiger partial charge in [0.05, 0.1) is 5.54 Å². The molecule has 0 spiro atoms. The van der Waals surface area contributed by atoms with Gasteiger partial charge in [0.2, 0.25) is 0 Å². The highest BCUT2D eigenvalue weighted by atomic mass is 16.2. The predicted molar refractivity (Wildman–Crippen MR) is 76.3 cm³/mol. The summed E-state index contributed by atoms with van der Waals surface area (Å²) in [7, 11) is 0. The molecule has 0 unspecified atom stereocenters. The van der Waals surface area contributed by atoms with E-state index in [-0.39, 0.29) is 11.4 Å². The zero-order valence-corrected chi connectivity index (χ0v) is 12.0. The molecule has 0 saturated carbocycles. The van der Waals surface area contributed by atoms with Gasteiger partial charge in [-0.2, -0.15) is 0 Å². The van der Waals surface area contributed by atoms with Crippen LogP contribution in [-0.4, -0.2) is 46.9 Å². The van der Waals surface area contributed by atoms with Gasteiger partial charge in [-0.05, 0) is 38.8 Å². The van der Waals surface area contributed by atoms with Gasteiger partial charge in [-0.15, -0.1) is 0 Å². The third-order valence-electron chi connectivity index (χ3n) is 4.60. The second kappa shape index (κ2) is 4.34. The minimum atomic E-state index is -0.0477. The van der Waals surface area contributed by atoms with Gasteiger partial charge in [-0.1, -0.05) is 18.2 Å². The highest BCUT2D eigenvalue weighted by Gasteiger charge is 2.45. The molecule has 1 fully saturated rings. The van der Waals surface area contributed by atoms with Crippen molar-refractivity contribution in [3.63, 3.8) is 0 Å². The number of carbonyl (C=O) groups excluding carboxylic acids is 1. The number of carbonyl (C=O) groups is 1. The van der Waals surface area contributed by atoms with Gasteiger partial charge in [0.15, 0.2) is 0 Å². The number of nitrogens with zero attached hydrogens (tertiary/aromatic N) is 2. The summed E-state index contributed by atoms with van der Waals surface area (Å²) in [6.45, 7) is 9.51. The first-order valence-corrected chi connectivity index (χ1v) is 7.15. The molecule has 3 heteroatoms.